The van der Waals surface area contributed by atoms with Gasteiger partial charge in [0.2, 0.25) is 11.8 Å². The number of carbonyl (C=O) groups excluding carboxylic acids is 2. The Morgan fingerprint density at radius 1 is 1.35 bits per heavy atom. The average Bonchev–Trinajstić information content (AvgIpc) is 2.39. The van der Waals surface area contributed by atoms with Crippen molar-refractivity contribution < 1.29 is 14.3 Å². The van der Waals surface area contributed by atoms with Gasteiger partial charge >= 0.3 is 0 Å². The van der Waals surface area contributed by atoms with Crippen LogP contribution in [0, 0.1) is 5.92 Å². The van der Waals surface area contributed by atoms with E-state index in [0.717, 1.165) is 0 Å². The molecule has 0 saturated carbocycles. The number of amides is 2. The summed E-state index contributed by atoms with van der Waals surface area (Å²) in [5.41, 5.74) is -0.781. The second-order valence-corrected chi connectivity index (χ2v) is 6.02. The number of nitrogens with one attached hydrogen (secondary N) is 1. The maximum atomic E-state index is 12.7. The minimum atomic E-state index is -0.781. The molecule has 0 aromatic heterocycles. The van der Waals surface area contributed by atoms with E-state index in [9.17, 15) is 9.59 Å². The first kappa shape index (κ1) is 17.0. The second kappa shape index (κ2) is 7.07. The molecule has 2 atom stereocenters. The Labute approximate surface area is 122 Å². The lowest BCUT2D eigenvalue weighted by Gasteiger charge is -2.44. The maximum Gasteiger partial charge on any atom is 0.248 e. The molecule has 2 unspecified atom stereocenters. The molecule has 116 valence electrons. The fourth-order valence-corrected chi connectivity index (χ4v) is 2.49. The molecule has 1 aliphatic rings. The Morgan fingerprint density at radius 2 is 2.00 bits per heavy atom. The van der Waals surface area contributed by atoms with Crippen molar-refractivity contribution >= 4 is 11.8 Å². The molecule has 5 heteroatoms. The van der Waals surface area contributed by atoms with Gasteiger partial charge in [-0.05, 0) is 32.6 Å². The molecule has 5 nitrogen and oxygen atoms in total. The summed E-state index contributed by atoms with van der Waals surface area (Å²) < 4.78 is 5.35. The molecular formula is C15H28N2O3. The Bertz CT molecular complexity index is 357. The molecule has 0 aliphatic carbocycles. The number of hydrogen-bond donors (Lipinski definition) is 1. The summed E-state index contributed by atoms with van der Waals surface area (Å²) in [4.78, 5) is 26.7. The molecule has 0 aromatic carbocycles. The van der Waals surface area contributed by atoms with Crippen molar-refractivity contribution in [3.63, 3.8) is 0 Å². The van der Waals surface area contributed by atoms with Gasteiger partial charge in [0, 0.05) is 13.2 Å². The predicted molar refractivity (Wildman–Crippen MR) is 78.3 cm³/mol. The minimum Gasteiger partial charge on any atom is -0.380 e. The van der Waals surface area contributed by atoms with Gasteiger partial charge in [-0.25, -0.2) is 0 Å². The first-order chi connectivity index (χ1) is 9.35. The van der Waals surface area contributed by atoms with Crippen molar-refractivity contribution in [1.82, 2.24) is 10.2 Å². The van der Waals surface area contributed by atoms with E-state index in [0.29, 0.717) is 38.5 Å². The molecule has 0 spiro atoms. The quantitative estimate of drug-likeness (QED) is 0.722. The zero-order valence-electron chi connectivity index (χ0n) is 13.4. The molecule has 1 fully saturated rings. The Balaban J connectivity index is 2.91. The molecule has 1 aliphatic heterocycles. The van der Waals surface area contributed by atoms with E-state index in [1.54, 1.807) is 11.8 Å². The molecule has 1 N–H and O–H groups in total. The normalized spacial score (nSPS) is 27.1. The van der Waals surface area contributed by atoms with E-state index in [2.05, 4.69) is 19.2 Å². The van der Waals surface area contributed by atoms with Crippen LogP contribution in [0.5, 0.6) is 0 Å². The number of hydrogen-bond acceptors (Lipinski definition) is 3. The van der Waals surface area contributed by atoms with Gasteiger partial charge in [0.1, 0.15) is 11.6 Å². The predicted octanol–water partition coefficient (Wildman–Crippen LogP) is 1.56. The molecule has 0 bridgehead atoms. The number of carbonyl (C=O) groups is 2. The van der Waals surface area contributed by atoms with Crippen LogP contribution < -0.4 is 5.32 Å². The molecule has 0 radical (unpaired) electrons. The van der Waals surface area contributed by atoms with Crippen LogP contribution >= 0.6 is 0 Å². The highest BCUT2D eigenvalue weighted by Gasteiger charge is 2.46. The van der Waals surface area contributed by atoms with Crippen molar-refractivity contribution in [2.24, 2.45) is 5.92 Å². The van der Waals surface area contributed by atoms with Crippen LogP contribution in [0.4, 0.5) is 0 Å². The third-order valence-electron chi connectivity index (χ3n) is 3.89. The largest absolute Gasteiger partial charge is 0.380 e. The van der Waals surface area contributed by atoms with Crippen LogP contribution in [0.3, 0.4) is 0 Å². The second-order valence-electron chi connectivity index (χ2n) is 6.02. The SMILES string of the molecule is CCOCCN1C(=O)C(C)(CC)NC(=O)C1CC(C)C. The summed E-state index contributed by atoms with van der Waals surface area (Å²) >= 11 is 0. The van der Waals surface area contributed by atoms with Crippen LogP contribution in [0.25, 0.3) is 0 Å². The van der Waals surface area contributed by atoms with Crippen molar-refractivity contribution in [2.75, 3.05) is 19.8 Å². The highest BCUT2D eigenvalue weighted by Crippen LogP contribution is 2.24. The van der Waals surface area contributed by atoms with Crippen LogP contribution in [0.15, 0.2) is 0 Å². The Kier molecular flexibility index (Phi) is 5.99. The molecule has 1 saturated heterocycles. The van der Waals surface area contributed by atoms with Gasteiger partial charge in [-0.15, -0.1) is 0 Å². The van der Waals surface area contributed by atoms with Gasteiger partial charge in [-0.1, -0.05) is 20.8 Å². The minimum absolute atomic E-state index is 0.00459. The maximum absolute atomic E-state index is 12.7. The van der Waals surface area contributed by atoms with Gasteiger partial charge in [0.25, 0.3) is 0 Å². The third-order valence-corrected chi connectivity index (χ3v) is 3.89. The Morgan fingerprint density at radius 3 is 2.50 bits per heavy atom. The van der Waals surface area contributed by atoms with Crippen LogP contribution in [-0.4, -0.2) is 48.1 Å². The van der Waals surface area contributed by atoms with Crippen molar-refractivity contribution in [1.29, 1.82) is 0 Å². The monoisotopic (exact) mass is 284 g/mol. The molecule has 1 heterocycles. The lowest BCUT2D eigenvalue weighted by atomic mass is 9.89. The number of nitrogens with zero attached hydrogens (tertiary/aromatic N) is 1. The van der Waals surface area contributed by atoms with E-state index < -0.39 is 5.54 Å². The van der Waals surface area contributed by atoms with Gasteiger partial charge in [0.05, 0.1) is 6.61 Å². The summed E-state index contributed by atoms with van der Waals surface area (Å²) in [6.07, 6.45) is 1.28. The third kappa shape index (κ3) is 3.72. The smallest absolute Gasteiger partial charge is 0.248 e. The number of rotatable bonds is 7. The molecule has 2 amide bonds. The van der Waals surface area contributed by atoms with Crippen molar-refractivity contribution in [2.45, 2.75) is 59.0 Å². The van der Waals surface area contributed by atoms with Gasteiger partial charge < -0.3 is 15.0 Å². The van der Waals surface area contributed by atoms with Gasteiger partial charge in [0.15, 0.2) is 0 Å². The molecule has 0 aromatic rings. The van der Waals surface area contributed by atoms with Crippen LogP contribution in [0.2, 0.25) is 0 Å². The zero-order valence-corrected chi connectivity index (χ0v) is 13.4. The van der Waals surface area contributed by atoms with E-state index in [1.165, 1.54) is 0 Å². The molecule has 20 heavy (non-hydrogen) atoms. The number of ether oxygens (including phenoxy) is 1. The van der Waals surface area contributed by atoms with E-state index in [4.69, 9.17) is 4.74 Å². The molecule has 1 rings (SSSR count). The average molecular weight is 284 g/mol. The fraction of sp³-hybridized carbons (Fsp3) is 0.867. The lowest BCUT2D eigenvalue weighted by Crippen LogP contribution is -2.69. The highest BCUT2D eigenvalue weighted by atomic mass is 16.5. The van der Waals surface area contributed by atoms with Crippen LogP contribution in [0.1, 0.15) is 47.5 Å². The summed E-state index contributed by atoms with van der Waals surface area (Å²) in [6.45, 7) is 11.3. The van der Waals surface area contributed by atoms with E-state index in [1.807, 2.05) is 13.8 Å². The Hall–Kier alpha value is -1.10. The highest BCUT2D eigenvalue weighted by molar-refractivity contribution is 5.99. The van der Waals surface area contributed by atoms with Gasteiger partial charge in [-0.2, -0.15) is 0 Å². The summed E-state index contributed by atoms with van der Waals surface area (Å²) in [5.74, 6) is 0.322. The first-order valence-electron chi connectivity index (χ1n) is 7.56. The van der Waals surface area contributed by atoms with Crippen LogP contribution in [-0.2, 0) is 14.3 Å². The topological polar surface area (TPSA) is 58.6 Å². The lowest BCUT2D eigenvalue weighted by molar-refractivity contribution is -0.155. The van der Waals surface area contributed by atoms with Crippen molar-refractivity contribution in [3.05, 3.63) is 0 Å². The first-order valence-corrected chi connectivity index (χ1v) is 7.56. The summed E-state index contributed by atoms with van der Waals surface area (Å²) in [7, 11) is 0. The fourth-order valence-electron chi connectivity index (χ4n) is 2.49. The summed E-state index contributed by atoms with van der Waals surface area (Å²) in [5, 5.41) is 2.90. The zero-order chi connectivity index (χ0) is 15.3. The summed E-state index contributed by atoms with van der Waals surface area (Å²) in [6, 6.07) is -0.373. The standard InChI is InChI=1S/C15H28N2O3/c1-6-15(5)14(19)17(8-9-20-7-2)12(10-11(3)4)13(18)16-15/h11-12H,6-10H2,1-5H3,(H,16,18). The molecular weight excluding hydrogens is 256 g/mol. The van der Waals surface area contributed by atoms with E-state index in [-0.39, 0.29) is 17.9 Å². The van der Waals surface area contributed by atoms with Crippen molar-refractivity contribution in [3.8, 4) is 0 Å². The number of piperazine rings is 1. The van der Waals surface area contributed by atoms with Gasteiger partial charge in [-0.3, -0.25) is 9.59 Å². The van der Waals surface area contributed by atoms with E-state index >= 15 is 0 Å².